The van der Waals surface area contributed by atoms with Gasteiger partial charge in [0.1, 0.15) is 0 Å². The largest absolute Gasteiger partial charge is 0.367 e. The van der Waals surface area contributed by atoms with E-state index in [0.29, 0.717) is 0 Å². The van der Waals surface area contributed by atoms with Crippen molar-refractivity contribution in [2.75, 3.05) is 24.5 Å². The average molecular weight is 244 g/mol. The summed E-state index contributed by atoms with van der Waals surface area (Å²) in [4.78, 5) is 2.43. The number of nitrogens with one attached hydrogen (secondary N) is 1. The van der Waals surface area contributed by atoms with Crippen molar-refractivity contribution in [2.45, 2.75) is 32.7 Å². The molecule has 0 aromatic heterocycles. The molecule has 1 heterocycles. The molecule has 0 radical (unpaired) electrons. The Morgan fingerprint density at radius 2 is 2.06 bits per heavy atom. The molecule has 0 unspecified atom stereocenters. The zero-order valence-corrected chi connectivity index (χ0v) is 11.8. The average Bonchev–Trinajstić information content (AvgIpc) is 2.70. The predicted molar refractivity (Wildman–Crippen MR) is 79.3 cm³/mol. The molecule has 1 aromatic carbocycles. The maximum atomic E-state index is 4.19. The zero-order chi connectivity index (χ0) is 13.2. The van der Waals surface area contributed by atoms with Gasteiger partial charge in [0, 0.05) is 30.9 Å². The van der Waals surface area contributed by atoms with E-state index >= 15 is 0 Å². The van der Waals surface area contributed by atoms with Crippen LogP contribution in [0.4, 0.5) is 5.69 Å². The molecular weight excluding hydrogens is 220 g/mol. The number of rotatable bonds is 4. The first-order chi connectivity index (χ1) is 8.46. The number of fused-ring (bicyclic) bond motifs is 1. The first-order valence-electron chi connectivity index (χ1n) is 6.70. The zero-order valence-electron chi connectivity index (χ0n) is 11.8. The summed E-state index contributed by atoms with van der Waals surface area (Å²) in [5.41, 5.74) is 4.26. The van der Waals surface area contributed by atoms with E-state index in [-0.39, 0.29) is 5.54 Å². The lowest BCUT2D eigenvalue weighted by Gasteiger charge is -2.25. The molecule has 2 rings (SSSR count). The summed E-state index contributed by atoms with van der Waals surface area (Å²) in [7, 11) is 0. The van der Waals surface area contributed by atoms with Gasteiger partial charge in [-0.2, -0.15) is 0 Å². The van der Waals surface area contributed by atoms with Crippen molar-refractivity contribution in [3.05, 3.63) is 42.0 Å². The molecule has 98 valence electrons. The van der Waals surface area contributed by atoms with Gasteiger partial charge < -0.3 is 10.2 Å². The Hall–Kier alpha value is -1.28. The molecule has 1 aromatic rings. The third-order valence-corrected chi connectivity index (χ3v) is 3.27. The summed E-state index contributed by atoms with van der Waals surface area (Å²) in [6, 6.07) is 8.68. The van der Waals surface area contributed by atoms with Crippen molar-refractivity contribution < 1.29 is 0 Å². The molecule has 1 N–H and O–H groups in total. The fourth-order valence-corrected chi connectivity index (χ4v) is 2.29. The van der Waals surface area contributed by atoms with Gasteiger partial charge in [0.05, 0.1) is 0 Å². The first-order valence-corrected chi connectivity index (χ1v) is 6.70. The fraction of sp³-hybridized carbons (Fsp3) is 0.500. The van der Waals surface area contributed by atoms with Crippen LogP contribution in [0.25, 0.3) is 0 Å². The van der Waals surface area contributed by atoms with Crippen LogP contribution in [-0.4, -0.2) is 25.2 Å². The molecule has 0 amide bonds. The number of nitrogens with zero attached hydrogens (tertiary/aromatic N) is 1. The highest BCUT2D eigenvalue weighted by Gasteiger charge is 2.18. The van der Waals surface area contributed by atoms with Gasteiger partial charge in [-0.1, -0.05) is 24.8 Å². The molecule has 1 aliphatic heterocycles. The minimum Gasteiger partial charge on any atom is -0.367 e. The maximum absolute atomic E-state index is 4.19. The van der Waals surface area contributed by atoms with Crippen LogP contribution in [-0.2, 0) is 6.42 Å². The van der Waals surface area contributed by atoms with E-state index < -0.39 is 0 Å². The highest BCUT2D eigenvalue weighted by Crippen LogP contribution is 2.27. The Labute approximate surface area is 111 Å². The topological polar surface area (TPSA) is 15.3 Å². The van der Waals surface area contributed by atoms with Crippen LogP contribution in [0.5, 0.6) is 0 Å². The van der Waals surface area contributed by atoms with Crippen LogP contribution in [0.1, 0.15) is 26.3 Å². The summed E-state index contributed by atoms with van der Waals surface area (Å²) < 4.78 is 0. The Balaban J connectivity index is 1.90. The van der Waals surface area contributed by atoms with E-state index in [1.807, 2.05) is 0 Å². The van der Waals surface area contributed by atoms with Gasteiger partial charge in [0.2, 0.25) is 0 Å². The molecule has 2 nitrogen and oxygen atoms in total. The van der Waals surface area contributed by atoms with Gasteiger partial charge in [-0.15, -0.1) is 0 Å². The van der Waals surface area contributed by atoms with Crippen molar-refractivity contribution in [1.82, 2.24) is 5.32 Å². The monoisotopic (exact) mass is 244 g/mol. The predicted octanol–water partition coefficient (Wildman–Crippen LogP) is 2.99. The lowest BCUT2D eigenvalue weighted by atomic mass is 10.1. The summed E-state index contributed by atoms with van der Waals surface area (Å²) in [5, 5.41) is 3.49. The lowest BCUT2D eigenvalue weighted by molar-refractivity contribution is 0.443. The van der Waals surface area contributed by atoms with Crippen molar-refractivity contribution >= 4 is 5.69 Å². The van der Waals surface area contributed by atoms with E-state index in [2.05, 4.69) is 61.8 Å². The summed E-state index contributed by atoms with van der Waals surface area (Å²) in [6.45, 7) is 13.7. The highest BCUT2D eigenvalue weighted by atomic mass is 15.1. The smallest absolute Gasteiger partial charge is 0.0402 e. The quantitative estimate of drug-likeness (QED) is 0.819. The normalized spacial score (nSPS) is 14.7. The molecule has 0 fully saturated rings. The third-order valence-electron chi connectivity index (χ3n) is 3.27. The molecule has 0 saturated heterocycles. The summed E-state index contributed by atoms with van der Waals surface area (Å²) in [5.74, 6) is 0. The fourth-order valence-electron chi connectivity index (χ4n) is 2.29. The Morgan fingerprint density at radius 1 is 1.33 bits per heavy atom. The van der Waals surface area contributed by atoms with Crippen LogP contribution in [0.3, 0.4) is 0 Å². The van der Waals surface area contributed by atoms with Crippen molar-refractivity contribution in [1.29, 1.82) is 0 Å². The molecule has 2 heteroatoms. The molecule has 18 heavy (non-hydrogen) atoms. The van der Waals surface area contributed by atoms with Crippen LogP contribution >= 0.6 is 0 Å². The Kier molecular flexibility index (Phi) is 3.76. The number of hydrogen-bond donors (Lipinski definition) is 1. The molecule has 1 aliphatic rings. The van der Waals surface area contributed by atoms with Crippen LogP contribution in [0.2, 0.25) is 0 Å². The van der Waals surface area contributed by atoms with Crippen molar-refractivity contribution in [3.8, 4) is 0 Å². The minimum absolute atomic E-state index is 0.159. The second-order valence-electron chi connectivity index (χ2n) is 6.15. The van der Waals surface area contributed by atoms with Gasteiger partial charge in [-0.25, -0.2) is 0 Å². The van der Waals surface area contributed by atoms with Crippen molar-refractivity contribution in [2.24, 2.45) is 0 Å². The van der Waals surface area contributed by atoms with Gasteiger partial charge >= 0.3 is 0 Å². The van der Waals surface area contributed by atoms with Crippen LogP contribution in [0, 0.1) is 0 Å². The van der Waals surface area contributed by atoms with E-state index in [9.17, 15) is 0 Å². The highest BCUT2D eigenvalue weighted by molar-refractivity contribution is 5.58. The van der Waals surface area contributed by atoms with E-state index in [1.165, 1.54) is 16.8 Å². The first kappa shape index (κ1) is 13.2. The van der Waals surface area contributed by atoms with Crippen molar-refractivity contribution in [3.63, 3.8) is 0 Å². The second kappa shape index (κ2) is 5.15. The van der Waals surface area contributed by atoms with E-state index in [1.54, 1.807) is 0 Å². The molecular formula is C16H24N2. The Bertz CT molecular complexity index is 429. The number of benzene rings is 1. The number of anilines is 1. The minimum atomic E-state index is 0.159. The molecule has 0 saturated carbocycles. The number of para-hydroxylation sites is 1. The molecule has 0 aliphatic carbocycles. The standard InChI is InChI=1S/C16H24N2/c1-13(11-17-16(2,3)4)12-18-10-9-14-7-5-6-8-15(14)18/h5-8,17H,1,9-12H2,2-4H3. The summed E-state index contributed by atoms with van der Waals surface area (Å²) in [6.07, 6.45) is 1.16. The van der Waals surface area contributed by atoms with E-state index in [0.717, 1.165) is 26.1 Å². The lowest BCUT2D eigenvalue weighted by Crippen LogP contribution is -2.38. The van der Waals surface area contributed by atoms with E-state index in [4.69, 9.17) is 0 Å². The maximum Gasteiger partial charge on any atom is 0.0402 e. The molecule has 0 bridgehead atoms. The number of hydrogen-bond acceptors (Lipinski definition) is 2. The Morgan fingerprint density at radius 3 is 2.78 bits per heavy atom. The van der Waals surface area contributed by atoms with Gasteiger partial charge in [-0.3, -0.25) is 0 Å². The summed E-state index contributed by atoms with van der Waals surface area (Å²) >= 11 is 0. The second-order valence-corrected chi connectivity index (χ2v) is 6.15. The van der Waals surface area contributed by atoms with Crippen LogP contribution in [0.15, 0.2) is 36.4 Å². The molecule has 0 atom stereocenters. The third kappa shape index (κ3) is 3.36. The van der Waals surface area contributed by atoms with Gasteiger partial charge in [-0.05, 0) is 44.4 Å². The van der Waals surface area contributed by atoms with Gasteiger partial charge in [0.15, 0.2) is 0 Å². The molecule has 0 spiro atoms. The van der Waals surface area contributed by atoms with Gasteiger partial charge in [0.25, 0.3) is 0 Å². The van der Waals surface area contributed by atoms with Crippen LogP contribution < -0.4 is 10.2 Å². The SMILES string of the molecule is C=C(CNC(C)(C)C)CN1CCc2ccccc21.